The summed E-state index contributed by atoms with van der Waals surface area (Å²) in [6.45, 7) is 1.22. The zero-order chi connectivity index (χ0) is 8.43. The summed E-state index contributed by atoms with van der Waals surface area (Å²) >= 11 is 0. The van der Waals surface area contributed by atoms with Crippen LogP contribution in [-0.4, -0.2) is 30.1 Å². The highest BCUT2D eigenvalue weighted by molar-refractivity contribution is 5.87. The molecule has 2 unspecified atom stereocenters. The number of carbonyl (C=O) groups excluding carboxylic acids is 2. The molecule has 1 rings (SSSR count). The van der Waals surface area contributed by atoms with Gasteiger partial charge in [0.1, 0.15) is 12.4 Å². The molecule has 1 aliphatic rings. The van der Waals surface area contributed by atoms with Crippen LogP contribution in [0.5, 0.6) is 0 Å². The molecular formula is C7H10O4. The number of cyclic esters (lactones) is 1. The van der Waals surface area contributed by atoms with Crippen molar-refractivity contribution in [1.29, 1.82) is 0 Å². The number of aliphatic hydroxyl groups excluding tert-OH is 1. The SMILES string of the molecule is CC(=O)C1COC(=O)C1CO. The normalized spacial score (nSPS) is 30.2. The molecular weight excluding hydrogens is 148 g/mol. The van der Waals surface area contributed by atoms with Gasteiger partial charge in [-0.25, -0.2) is 0 Å². The fourth-order valence-electron chi connectivity index (χ4n) is 1.16. The molecule has 62 valence electrons. The number of esters is 1. The average molecular weight is 158 g/mol. The van der Waals surface area contributed by atoms with Crippen LogP contribution in [-0.2, 0) is 14.3 Å². The fraction of sp³-hybridized carbons (Fsp3) is 0.714. The van der Waals surface area contributed by atoms with Gasteiger partial charge in [0.2, 0.25) is 0 Å². The predicted molar refractivity (Wildman–Crippen MR) is 35.7 cm³/mol. The minimum atomic E-state index is -0.632. The van der Waals surface area contributed by atoms with Crippen LogP contribution >= 0.6 is 0 Å². The molecule has 0 aromatic heterocycles. The fourth-order valence-corrected chi connectivity index (χ4v) is 1.16. The van der Waals surface area contributed by atoms with Gasteiger partial charge in [0, 0.05) is 0 Å². The van der Waals surface area contributed by atoms with Crippen LogP contribution in [0.15, 0.2) is 0 Å². The van der Waals surface area contributed by atoms with Gasteiger partial charge in [0.05, 0.1) is 18.4 Å². The van der Waals surface area contributed by atoms with Gasteiger partial charge in [-0.3, -0.25) is 9.59 Å². The van der Waals surface area contributed by atoms with Gasteiger partial charge in [0.25, 0.3) is 0 Å². The first kappa shape index (κ1) is 8.20. The summed E-state index contributed by atoms with van der Waals surface area (Å²) in [7, 11) is 0. The van der Waals surface area contributed by atoms with Crippen LogP contribution < -0.4 is 0 Å². The minimum absolute atomic E-state index is 0.102. The Morgan fingerprint density at radius 1 is 1.82 bits per heavy atom. The van der Waals surface area contributed by atoms with Gasteiger partial charge in [-0.15, -0.1) is 0 Å². The highest BCUT2D eigenvalue weighted by Crippen LogP contribution is 2.22. The van der Waals surface area contributed by atoms with E-state index in [-0.39, 0.29) is 19.0 Å². The lowest BCUT2D eigenvalue weighted by molar-refractivity contribution is -0.142. The van der Waals surface area contributed by atoms with Gasteiger partial charge in [-0.2, -0.15) is 0 Å². The van der Waals surface area contributed by atoms with E-state index in [1.165, 1.54) is 6.92 Å². The van der Waals surface area contributed by atoms with Crippen LogP contribution in [0.1, 0.15) is 6.92 Å². The second kappa shape index (κ2) is 3.00. The van der Waals surface area contributed by atoms with Crippen molar-refractivity contribution in [1.82, 2.24) is 0 Å². The Hall–Kier alpha value is -0.900. The molecule has 4 heteroatoms. The van der Waals surface area contributed by atoms with Crippen LogP contribution in [0, 0.1) is 11.8 Å². The predicted octanol–water partition coefficient (Wildman–Crippen LogP) is -0.643. The molecule has 1 fully saturated rings. The summed E-state index contributed by atoms with van der Waals surface area (Å²) in [5.41, 5.74) is 0. The van der Waals surface area contributed by atoms with E-state index >= 15 is 0 Å². The van der Waals surface area contributed by atoms with E-state index in [0.29, 0.717) is 0 Å². The third-order valence-electron chi connectivity index (χ3n) is 1.91. The summed E-state index contributed by atoms with van der Waals surface area (Å²) in [6, 6.07) is 0. The van der Waals surface area contributed by atoms with Gasteiger partial charge < -0.3 is 9.84 Å². The van der Waals surface area contributed by atoms with E-state index < -0.39 is 17.8 Å². The molecule has 0 bridgehead atoms. The van der Waals surface area contributed by atoms with Crippen molar-refractivity contribution in [3.8, 4) is 0 Å². The number of ketones is 1. The molecule has 4 nitrogen and oxygen atoms in total. The lowest BCUT2D eigenvalue weighted by atomic mass is 9.93. The smallest absolute Gasteiger partial charge is 0.312 e. The Labute approximate surface area is 64.2 Å². The molecule has 0 aromatic carbocycles. The number of ether oxygens (including phenoxy) is 1. The van der Waals surface area contributed by atoms with Gasteiger partial charge in [0.15, 0.2) is 0 Å². The van der Waals surface area contributed by atoms with E-state index in [0.717, 1.165) is 0 Å². The first-order valence-electron chi connectivity index (χ1n) is 3.44. The number of rotatable bonds is 2. The van der Waals surface area contributed by atoms with Crippen molar-refractivity contribution in [3.05, 3.63) is 0 Å². The van der Waals surface area contributed by atoms with Crippen molar-refractivity contribution >= 4 is 11.8 Å². The van der Waals surface area contributed by atoms with Crippen LogP contribution in [0.3, 0.4) is 0 Å². The van der Waals surface area contributed by atoms with E-state index in [1.54, 1.807) is 0 Å². The number of hydrogen-bond donors (Lipinski definition) is 1. The monoisotopic (exact) mass is 158 g/mol. The van der Waals surface area contributed by atoms with E-state index in [4.69, 9.17) is 5.11 Å². The van der Waals surface area contributed by atoms with Crippen molar-refractivity contribution in [2.45, 2.75) is 6.92 Å². The Kier molecular flexibility index (Phi) is 2.24. The second-order valence-corrected chi connectivity index (χ2v) is 2.64. The topological polar surface area (TPSA) is 63.6 Å². The maximum atomic E-state index is 10.8. The molecule has 1 heterocycles. The number of aliphatic hydroxyl groups is 1. The Bertz CT molecular complexity index is 187. The molecule has 0 radical (unpaired) electrons. The maximum Gasteiger partial charge on any atom is 0.312 e. The Balaban J connectivity index is 2.68. The average Bonchev–Trinajstić information content (AvgIpc) is 2.30. The number of carbonyl (C=O) groups is 2. The lowest BCUT2D eigenvalue weighted by Crippen LogP contribution is -2.24. The van der Waals surface area contributed by atoms with Gasteiger partial charge >= 0.3 is 5.97 Å². The van der Waals surface area contributed by atoms with E-state index in [2.05, 4.69) is 4.74 Å². The number of hydrogen-bond acceptors (Lipinski definition) is 4. The Morgan fingerprint density at radius 3 is 2.82 bits per heavy atom. The standard InChI is InChI=1S/C7H10O4/c1-4(9)6-3-11-7(10)5(6)2-8/h5-6,8H,2-3H2,1H3. The van der Waals surface area contributed by atoms with Crippen molar-refractivity contribution in [2.75, 3.05) is 13.2 Å². The third kappa shape index (κ3) is 1.40. The molecule has 1 saturated heterocycles. The maximum absolute atomic E-state index is 10.8. The van der Waals surface area contributed by atoms with Crippen LogP contribution in [0.2, 0.25) is 0 Å². The van der Waals surface area contributed by atoms with Crippen LogP contribution in [0.25, 0.3) is 0 Å². The Morgan fingerprint density at radius 2 is 2.45 bits per heavy atom. The van der Waals surface area contributed by atoms with Crippen molar-refractivity contribution in [2.24, 2.45) is 11.8 Å². The minimum Gasteiger partial charge on any atom is -0.465 e. The van der Waals surface area contributed by atoms with Crippen molar-refractivity contribution < 1.29 is 19.4 Å². The zero-order valence-corrected chi connectivity index (χ0v) is 6.24. The molecule has 2 atom stereocenters. The summed E-state index contributed by atoms with van der Waals surface area (Å²) in [5, 5.41) is 8.70. The summed E-state index contributed by atoms with van der Waals surface area (Å²) < 4.78 is 4.61. The molecule has 0 saturated carbocycles. The molecule has 1 N–H and O–H groups in total. The molecule has 0 aromatic rings. The van der Waals surface area contributed by atoms with E-state index in [9.17, 15) is 9.59 Å². The summed E-state index contributed by atoms with van der Waals surface area (Å²) in [4.78, 5) is 21.6. The van der Waals surface area contributed by atoms with Crippen LogP contribution in [0.4, 0.5) is 0 Å². The second-order valence-electron chi connectivity index (χ2n) is 2.64. The molecule has 0 spiro atoms. The van der Waals surface area contributed by atoms with Gasteiger partial charge in [-0.05, 0) is 6.92 Å². The molecule has 0 amide bonds. The zero-order valence-electron chi connectivity index (χ0n) is 6.24. The molecule has 0 aliphatic carbocycles. The summed E-state index contributed by atoms with van der Waals surface area (Å²) in [5.74, 6) is -1.64. The molecule has 11 heavy (non-hydrogen) atoms. The lowest BCUT2D eigenvalue weighted by Gasteiger charge is -2.06. The third-order valence-corrected chi connectivity index (χ3v) is 1.91. The largest absolute Gasteiger partial charge is 0.465 e. The quantitative estimate of drug-likeness (QED) is 0.543. The van der Waals surface area contributed by atoms with E-state index in [1.807, 2.05) is 0 Å². The van der Waals surface area contributed by atoms with Crippen molar-refractivity contribution in [3.63, 3.8) is 0 Å². The summed E-state index contributed by atoms with van der Waals surface area (Å²) in [6.07, 6.45) is 0. The first-order valence-corrected chi connectivity index (χ1v) is 3.44. The van der Waals surface area contributed by atoms with Gasteiger partial charge in [-0.1, -0.05) is 0 Å². The first-order chi connectivity index (χ1) is 5.16. The highest BCUT2D eigenvalue weighted by atomic mass is 16.5. The highest BCUT2D eigenvalue weighted by Gasteiger charge is 2.38. The molecule has 1 aliphatic heterocycles. The number of Topliss-reactive ketones (excluding diaryl/α,β-unsaturated/α-hetero) is 1.